The molecular weight excluding hydrogens is 265 g/mol. The van der Waals surface area contributed by atoms with Crippen LogP contribution in [0.2, 0.25) is 0 Å². The van der Waals surface area contributed by atoms with Crippen LogP contribution in [0.25, 0.3) is 0 Å². The van der Waals surface area contributed by atoms with E-state index < -0.39 is 12.1 Å². The van der Waals surface area contributed by atoms with Gasteiger partial charge >= 0.3 is 18.1 Å². The van der Waals surface area contributed by atoms with Gasteiger partial charge in [0, 0.05) is 0 Å². The van der Waals surface area contributed by atoms with E-state index in [0.29, 0.717) is 5.75 Å². The van der Waals surface area contributed by atoms with Gasteiger partial charge in [-0.25, -0.2) is 4.79 Å². The highest BCUT2D eigenvalue weighted by molar-refractivity contribution is 5.77. The van der Waals surface area contributed by atoms with E-state index in [1.165, 1.54) is 0 Å². The Kier molecular flexibility index (Phi) is 4.91. The van der Waals surface area contributed by atoms with Crippen LogP contribution in [0.15, 0.2) is 30.3 Å². The van der Waals surface area contributed by atoms with Crippen LogP contribution in [0, 0.1) is 5.92 Å². The Morgan fingerprint density at radius 3 is 2.00 bits per heavy atom. The fourth-order valence-electron chi connectivity index (χ4n) is 1.01. The van der Waals surface area contributed by atoms with Gasteiger partial charge in [0.25, 0.3) is 0 Å². The number of alkyl halides is 3. The van der Waals surface area contributed by atoms with Gasteiger partial charge in [0.1, 0.15) is 5.75 Å². The van der Waals surface area contributed by atoms with Crippen molar-refractivity contribution in [1.29, 1.82) is 0 Å². The molecule has 19 heavy (non-hydrogen) atoms. The van der Waals surface area contributed by atoms with Crippen molar-refractivity contribution < 1.29 is 32.6 Å². The lowest BCUT2D eigenvalue weighted by atomic mass is 10.3. The second-order valence-electron chi connectivity index (χ2n) is 3.81. The molecule has 0 heterocycles. The molecule has 1 aliphatic rings. The maximum atomic E-state index is 11.2. The lowest BCUT2D eigenvalue weighted by molar-refractivity contribution is -0.192. The highest BCUT2D eigenvalue weighted by atomic mass is 19.4. The van der Waals surface area contributed by atoms with Gasteiger partial charge in [-0.05, 0) is 25.0 Å². The second-order valence-corrected chi connectivity index (χ2v) is 3.81. The molecule has 0 unspecified atom stereocenters. The summed E-state index contributed by atoms with van der Waals surface area (Å²) in [4.78, 5) is 20.0. The third kappa shape index (κ3) is 5.89. The molecule has 0 spiro atoms. The molecule has 7 heteroatoms. The number of para-hydroxylation sites is 1. The summed E-state index contributed by atoms with van der Waals surface area (Å²) in [7, 11) is 0. The summed E-state index contributed by atoms with van der Waals surface area (Å²) in [6.45, 7) is 0. The number of carboxylic acid groups (broad SMARTS) is 1. The third-order valence-corrected chi connectivity index (χ3v) is 2.11. The summed E-state index contributed by atoms with van der Waals surface area (Å²) in [5, 5.41) is 7.12. The van der Waals surface area contributed by atoms with Crippen LogP contribution in [0.3, 0.4) is 0 Å². The number of carbonyl (C=O) groups is 2. The van der Waals surface area contributed by atoms with Crippen molar-refractivity contribution in [3.8, 4) is 5.75 Å². The number of esters is 1. The fraction of sp³-hybridized carbons (Fsp3) is 0.333. The van der Waals surface area contributed by atoms with Crippen molar-refractivity contribution in [3.05, 3.63) is 30.3 Å². The topological polar surface area (TPSA) is 63.6 Å². The largest absolute Gasteiger partial charge is 0.490 e. The smallest absolute Gasteiger partial charge is 0.475 e. The van der Waals surface area contributed by atoms with E-state index in [4.69, 9.17) is 14.6 Å². The summed E-state index contributed by atoms with van der Waals surface area (Å²) in [6.07, 6.45) is -3.10. The summed E-state index contributed by atoms with van der Waals surface area (Å²) in [6, 6.07) is 9.19. The zero-order valence-corrected chi connectivity index (χ0v) is 9.68. The van der Waals surface area contributed by atoms with Crippen LogP contribution in [0.5, 0.6) is 5.75 Å². The van der Waals surface area contributed by atoms with Crippen molar-refractivity contribution in [1.82, 2.24) is 0 Å². The van der Waals surface area contributed by atoms with Gasteiger partial charge in [0.15, 0.2) is 0 Å². The number of carbonyl (C=O) groups excluding carboxylic acids is 1. The van der Waals surface area contributed by atoms with Gasteiger partial charge in [-0.3, -0.25) is 4.79 Å². The Labute approximate surface area is 106 Å². The quantitative estimate of drug-likeness (QED) is 0.666. The fourth-order valence-corrected chi connectivity index (χ4v) is 1.01. The summed E-state index contributed by atoms with van der Waals surface area (Å²) >= 11 is 0. The van der Waals surface area contributed by atoms with Gasteiger partial charge in [-0.1, -0.05) is 18.2 Å². The van der Waals surface area contributed by atoms with E-state index in [-0.39, 0.29) is 11.9 Å². The molecule has 0 saturated heterocycles. The number of hydrogen-bond donors (Lipinski definition) is 1. The van der Waals surface area contributed by atoms with Crippen molar-refractivity contribution >= 4 is 11.9 Å². The van der Waals surface area contributed by atoms with E-state index in [2.05, 4.69) is 0 Å². The maximum absolute atomic E-state index is 11.2. The third-order valence-electron chi connectivity index (χ3n) is 2.11. The van der Waals surface area contributed by atoms with Crippen LogP contribution in [0.1, 0.15) is 12.8 Å². The molecule has 1 aromatic carbocycles. The molecule has 2 rings (SSSR count). The minimum Gasteiger partial charge on any atom is -0.475 e. The minimum atomic E-state index is -5.08. The molecule has 0 radical (unpaired) electrons. The molecule has 0 amide bonds. The molecule has 1 N–H and O–H groups in total. The molecule has 1 aromatic rings. The first-order valence-electron chi connectivity index (χ1n) is 5.37. The molecular formula is C12H11F3O4. The van der Waals surface area contributed by atoms with E-state index in [9.17, 15) is 18.0 Å². The molecule has 4 nitrogen and oxygen atoms in total. The lowest BCUT2D eigenvalue weighted by Gasteiger charge is -2.00. The standard InChI is InChI=1S/C10H10O2.C2HF3O2/c11-10(8-6-7-8)12-9-4-2-1-3-5-9;3-2(4,5)1(6)7/h1-5,8H,6-7H2;(H,6,7). The van der Waals surface area contributed by atoms with E-state index >= 15 is 0 Å². The summed E-state index contributed by atoms with van der Waals surface area (Å²) < 4.78 is 36.8. The molecule has 0 aromatic heterocycles. The first kappa shape index (κ1) is 15.0. The van der Waals surface area contributed by atoms with Crippen molar-refractivity contribution in [2.24, 2.45) is 5.92 Å². The number of halogens is 3. The predicted molar refractivity (Wildman–Crippen MR) is 58.5 cm³/mol. The maximum Gasteiger partial charge on any atom is 0.490 e. The Balaban J connectivity index is 0.000000224. The van der Waals surface area contributed by atoms with E-state index in [1.54, 1.807) is 12.1 Å². The number of carboxylic acids is 1. The number of ether oxygens (including phenoxy) is 1. The van der Waals surface area contributed by atoms with Gasteiger partial charge in [0.2, 0.25) is 0 Å². The molecule has 1 fully saturated rings. The Morgan fingerprint density at radius 1 is 1.16 bits per heavy atom. The van der Waals surface area contributed by atoms with Crippen molar-refractivity contribution in [3.63, 3.8) is 0 Å². The van der Waals surface area contributed by atoms with Gasteiger partial charge < -0.3 is 9.84 Å². The van der Waals surface area contributed by atoms with Crippen LogP contribution in [-0.4, -0.2) is 23.2 Å². The highest BCUT2D eigenvalue weighted by Gasteiger charge is 2.38. The van der Waals surface area contributed by atoms with E-state index in [0.717, 1.165) is 12.8 Å². The monoisotopic (exact) mass is 276 g/mol. The second kappa shape index (κ2) is 6.21. The van der Waals surface area contributed by atoms with Crippen LogP contribution >= 0.6 is 0 Å². The molecule has 0 aliphatic heterocycles. The van der Waals surface area contributed by atoms with Crippen molar-refractivity contribution in [2.75, 3.05) is 0 Å². The van der Waals surface area contributed by atoms with Gasteiger partial charge in [0.05, 0.1) is 5.92 Å². The van der Waals surface area contributed by atoms with Crippen LogP contribution < -0.4 is 4.74 Å². The predicted octanol–water partition coefficient (Wildman–Crippen LogP) is 2.64. The zero-order valence-electron chi connectivity index (χ0n) is 9.68. The normalized spacial score (nSPS) is 14.1. The number of rotatable bonds is 2. The molecule has 1 aliphatic carbocycles. The van der Waals surface area contributed by atoms with Gasteiger partial charge in [-0.15, -0.1) is 0 Å². The Hall–Kier alpha value is -2.05. The molecule has 104 valence electrons. The summed E-state index contributed by atoms with van der Waals surface area (Å²) in [5.41, 5.74) is 0. The number of aliphatic carboxylic acids is 1. The van der Waals surface area contributed by atoms with E-state index in [1.807, 2.05) is 18.2 Å². The van der Waals surface area contributed by atoms with Gasteiger partial charge in [-0.2, -0.15) is 13.2 Å². The van der Waals surface area contributed by atoms with Crippen LogP contribution in [0.4, 0.5) is 13.2 Å². The van der Waals surface area contributed by atoms with Crippen molar-refractivity contribution in [2.45, 2.75) is 19.0 Å². The van der Waals surface area contributed by atoms with Crippen LogP contribution in [-0.2, 0) is 9.59 Å². The number of benzene rings is 1. The Bertz CT molecular complexity index is 438. The minimum absolute atomic E-state index is 0.0822. The average molecular weight is 276 g/mol. The SMILES string of the molecule is O=C(O)C(F)(F)F.O=C(Oc1ccccc1)C1CC1. The molecule has 1 saturated carbocycles. The molecule has 0 bridgehead atoms. The first-order chi connectivity index (χ1) is 8.80. The average Bonchev–Trinajstić information content (AvgIpc) is 3.13. The highest BCUT2D eigenvalue weighted by Crippen LogP contribution is 2.30. The lowest BCUT2D eigenvalue weighted by Crippen LogP contribution is -2.21. The number of hydrogen-bond acceptors (Lipinski definition) is 3. The first-order valence-corrected chi connectivity index (χ1v) is 5.37. The molecule has 0 atom stereocenters. The zero-order chi connectivity index (χ0) is 14.5. The summed E-state index contributed by atoms with van der Waals surface area (Å²) in [5.74, 6) is -2.02. The Morgan fingerprint density at radius 2 is 1.63 bits per heavy atom.